The molecule has 1 aliphatic rings. The van der Waals surface area contributed by atoms with Crippen LogP contribution in [0.4, 0.5) is 5.69 Å². The highest BCUT2D eigenvalue weighted by Gasteiger charge is 2.34. The first-order valence-corrected chi connectivity index (χ1v) is 10.3. The van der Waals surface area contributed by atoms with E-state index in [0.29, 0.717) is 24.3 Å². The Morgan fingerprint density at radius 2 is 1.97 bits per heavy atom. The van der Waals surface area contributed by atoms with Crippen LogP contribution in [0.3, 0.4) is 0 Å². The van der Waals surface area contributed by atoms with Gasteiger partial charge in [-0.15, -0.1) is 0 Å². The third kappa shape index (κ3) is 5.10. The number of hydrogen-bond acceptors (Lipinski definition) is 4. The lowest BCUT2D eigenvalue weighted by atomic mass is 10.0. The Balaban J connectivity index is 1.70. The number of amides is 2. The van der Waals surface area contributed by atoms with Gasteiger partial charge in [0.25, 0.3) is 11.8 Å². The fraction of sp³-hybridized carbons (Fsp3) is 0.391. The molecule has 1 heterocycles. The highest BCUT2D eigenvalue weighted by atomic mass is 16.5. The standard InChI is InChI=1S/C23H29N3O4/c1-4-24-23(28)16-7-5-8-17(13-16)25-22(27)15-26-12-6-9-20(26)19-14-18(29-2)10-11-21(19)30-3/h5,7-8,10-11,13-14,20H,4,6,9,12,15H2,1-3H3,(H,24,28)(H,25,27)/p+1/t20-/m0/s1. The van der Waals surface area contributed by atoms with Gasteiger partial charge >= 0.3 is 0 Å². The number of carbonyl (C=O) groups excluding carboxylic acids is 2. The first kappa shape index (κ1) is 21.6. The number of rotatable bonds is 8. The Labute approximate surface area is 177 Å². The minimum atomic E-state index is -0.149. The maximum atomic E-state index is 12.7. The monoisotopic (exact) mass is 412 g/mol. The Kier molecular flexibility index (Phi) is 7.30. The largest absolute Gasteiger partial charge is 0.497 e. The molecule has 160 valence electrons. The highest BCUT2D eigenvalue weighted by molar-refractivity contribution is 5.97. The summed E-state index contributed by atoms with van der Waals surface area (Å²) >= 11 is 0. The molecule has 2 atom stereocenters. The van der Waals surface area contributed by atoms with Crippen LogP contribution in [0.25, 0.3) is 0 Å². The minimum Gasteiger partial charge on any atom is -0.497 e. The predicted molar refractivity (Wildman–Crippen MR) is 115 cm³/mol. The van der Waals surface area contributed by atoms with Crippen LogP contribution in [0.1, 0.15) is 41.7 Å². The first-order valence-electron chi connectivity index (χ1n) is 10.3. The summed E-state index contributed by atoms with van der Waals surface area (Å²) in [7, 11) is 3.31. The number of quaternary nitrogens is 1. The van der Waals surface area contributed by atoms with Gasteiger partial charge in [0.1, 0.15) is 17.5 Å². The second-order valence-electron chi connectivity index (χ2n) is 7.38. The molecule has 30 heavy (non-hydrogen) atoms. The van der Waals surface area contributed by atoms with E-state index in [1.807, 2.05) is 25.1 Å². The lowest BCUT2D eigenvalue weighted by Crippen LogP contribution is -3.11. The van der Waals surface area contributed by atoms with Crippen LogP contribution in [0.2, 0.25) is 0 Å². The number of anilines is 1. The first-order chi connectivity index (χ1) is 14.5. The molecule has 0 spiro atoms. The summed E-state index contributed by atoms with van der Waals surface area (Å²) in [5.74, 6) is 1.37. The van der Waals surface area contributed by atoms with Gasteiger partial charge in [-0.05, 0) is 43.3 Å². The second-order valence-corrected chi connectivity index (χ2v) is 7.38. The van der Waals surface area contributed by atoms with Gasteiger partial charge in [0.15, 0.2) is 6.54 Å². The molecule has 1 saturated heterocycles. The molecule has 2 aromatic carbocycles. The number of hydrogen-bond donors (Lipinski definition) is 3. The van der Waals surface area contributed by atoms with Crippen molar-refractivity contribution in [2.45, 2.75) is 25.8 Å². The number of benzene rings is 2. The van der Waals surface area contributed by atoms with Crippen molar-refractivity contribution in [2.75, 3.05) is 39.2 Å². The van der Waals surface area contributed by atoms with E-state index in [0.717, 1.165) is 36.4 Å². The van der Waals surface area contributed by atoms with E-state index in [-0.39, 0.29) is 17.9 Å². The van der Waals surface area contributed by atoms with Crippen LogP contribution in [0.5, 0.6) is 11.5 Å². The van der Waals surface area contributed by atoms with Crippen LogP contribution < -0.4 is 25.0 Å². The molecule has 7 heteroatoms. The van der Waals surface area contributed by atoms with Crippen molar-refractivity contribution in [1.82, 2.24) is 5.32 Å². The number of ether oxygens (including phenoxy) is 2. The van der Waals surface area contributed by atoms with Gasteiger partial charge in [-0.1, -0.05) is 6.07 Å². The molecule has 0 saturated carbocycles. The number of carbonyl (C=O) groups is 2. The molecule has 2 amide bonds. The average Bonchev–Trinajstić information content (AvgIpc) is 3.21. The third-order valence-corrected chi connectivity index (χ3v) is 5.43. The van der Waals surface area contributed by atoms with Gasteiger partial charge in [-0.25, -0.2) is 0 Å². The predicted octanol–water partition coefficient (Wildman–Crippen LogP) is 1.81. The van der Waals surface area contributed by atoms with Crippen molar-refractivity contribution in [2.24, 2.45) is 0 Å². The molecule has 7 nitrogen and oxygen atoms in total. The van der Waals surface area contributed by atoms with Crippen molar-refractivity contribution in [3.63, 3.8) is 0 Å². The Hall–Kier alpha value is -3.06. The van der Waals surface area contributed by atoms with Gasteiger partial charge in [0.2, 0.25) is 0 Å². The molecule has 0 aliphatic carbocycles. The second kappa shape index (κ2) is 10.1. The van der Waals surface area contributed by atoms with Crippen LogP contribution in [-0.4, -0.2) is 45.7 Å². The number of methoxy groups -OCH3 is 2. The highest BCUT2D eigenvalue weighted by Crippen LogP contribution is 2.31. The van der Waals surface area contributed by atoms with Crippen LogP contribution in [0.15, 0.2) is 42.5 Å². The van der Waals surface area contributed by atoms with Crippen molar-refractivity contribution in [3.05, 3.63) is 53.6 Å². The van der Waals surface area contributed by atoms with E-state index in [1.54, 1.807) is 38.5 Å². The van der Waals surface area contributed by atoms with E-state index in [4.69, 9.17) is 9.47 Å². The zero-order valence-corrected chi connectivity index (χ0v) is 17.8. The molecule has 1 aliphatic heterocycles. The number of likely N-dealkylation sites (tertiary alicyclic amines) is 1. The molecule has 2 aromatic rings. The van der Waals surface area contributed by atoms with Crippen LogP contribution in [-0.2, 0) is 4.79 Å². The molecule has 0 aromatic heterocycles. The van der Waals surface area contributed by atoms with Gasteiger partial charge in [0, 0.05) is 30.6 Å². The average molecular weight is 413 g/mol. The lowest BCUT2D eigenvalue weighted by molar-refractivity contribution is -0.910. The van der Waals surface area contributed by atoms with Crippen molar-refractivity contribution in [1.29, 1.82) is 0 Å². The molecular weight excluding hydrogens is 382 g/mol. The van der Waals surface area contributed by atoms with Gasteiger partial charge in [0.05, 0.1) is 26.3 Å². The van der Waals surface area contributed by atoms with E-state index >= 15 is 0 Å². The zero-order chi connectivity index (χ0) is 21.5. The van der Waals surface area contributed by atoms with E-state index < -0.39 is 0 Å². The maximum absolute atomic E-state index is 12.7. The lowest BCUT2D eigenvalue weighted by Gasteiger charge is -2.23. The summed E-state index contributed by atoms with van der Waals surface area (Å²) in [5.41, 5.74) is 2.22. The zero-order valence-electron chi connectivity index (χ0n) is 17.8. The summed E-state index contributed by atoms with van der Waals surface area (Å²) in [6.07, 6.45) is 2.03. The molecule has 0 bridgehead atoms. The smallest absolute Gasteiger partial charge is 0.279 e. The third-order valence-electron chi connectivity index (χ3n) is 5.43. The van der Waals surface area contributed by atoms with Gasteiger partial charge in [-0.2, -0.15) is 0 Å². The minimum absolute atomic E-state index is 0.0770. The summed E-state index contributed by atoms with van der Waals surface area (Å²) in [4.78, 5) is 26.0. The summed E-state index contributed by atoms with van der Waals surface area (Å²) in [6, 6.07) is 13.0. The van der Waals surface area contributed by atoms with Crippen LogP contribution in [0, 0.1) is 0 Å². The van der Waals surface area contributed by atoms with Gasteiger partial charge in [-0.3, -0.25) is 9.59 Å². The molecular formula is C23H30N3O4+. The van der Waals surface area contributed by atoms with Crippen LogP contribution >= 0.6 is 0 Å². The molecule has 1 fully saturated rings. The van der Waals surface area contributed by atoms with Gasteiger partial charge < -0.3 is 25.0 Å². The molecule has 1 unspecified atom stereocenters. The van der Waals surface area contributed by atoms with E-state index in [2.05, 4.69) is 10.6 Å². The van der Waals surface area contributed by atoms with Crippen molar-refractivity contribution in [3.8, 4) is 11.5 Å². The summed E-state index contributed by atoms with van der Waals surface area (Å²) in [5, 5.41) is 5.70. The van der Waals surface area contributed by atoms with E-state index in [9.17, 15) is 9.59 Å². The summed E-state index contributed by atoms with van der Waals surface area (Å²) in [6.45, 7) is 3.69. The Morgan fingerprint density at radius 1 is 1.13 bits per heavy atom. The van der Waals surface area contributed by atoms with E-state index in [1.165, 1.54) is 4.90 Å². The molecule has 3 N–H and O–H groups in total. The topological polar surface area (TPSA) is 81.1 Å². The van der Waals surface area contributed by atoms with Crippen molar-refractivity contribution < 1.29 is 24.0 Å². The molecule has 3 rings (SSSR count). The Bertz CT molecular complexity index is 900. The van der Waals surface area contributed by atoms with Crippen molar-refractivity contribution >= 4 is 17.5 Å². The Morgan fingerprint density at radius 3 is 2.70 bits per heavy atom. The SMILES string of the molecule is CCNC(=O)c1cccc(NC(=O)C[NH+]2CCC[C@H]2c2cc(OC)ccc2OC)c1. The number of nitrogens with one attached hydrogen (secondary N) is 3. The maximum Gasteiger partial charge on any atom is 0.279 e. The summed E-state index contributed by atoms with van der Waals surface area (Å²) < 4.78 is 10.9. The fourth-order valence-corrected chi connectivity index (χ4v) is 4.02. The molecule has 0 radical (unpaired) electrons. The normalized spacial score (nSPS) is 18.0. The quantitative estimate of drug-likeness (QED) is 0.618. The fourth-order valence-electron chi connectivity index (χ4n) is 4.02.